The smallest absolute Gasteiger partial charge is 0.435 e. The molecule has 9 heteroatoms. The Morgan fingerprint density at radius 2 is 1.88 bits per heavy atom. The summed E-state index contributed by atoms with van der Waals surface area (Å²) in [5.74, 6) is 0.286. The van der Waals surface area contributed by atoms with Gasteiger partial charge < -0.3 is 9.73 Å². The first kappa shape index (κ1) is 21.3. The summed E-state index contributed by atoms with van der Waals surface area (Å²) in [5, 5.41) is 7.29. The van der Waals surface area contributed by atoms with Crippen molar-refractivity contribution >= 4 is 23.2 Å². The molecule has 33 heavy (non-hydrogen) atoms. The van der Waals surface area contributed by atoms with E-state index in [2.05, 4.69) is 10.4 Å². The first-order chi connectivity index (χ1) is 15.7. The molecule has 1 N–H and O–H groups in total. The normalized spacial score (nSPS) is 12.9. The minimum absolute atomic E-state index is 0.149. The van der Waals surface area contributed by atoms with Gasteiger partial charge in [0.1, 0.15) is 5.76 Å². The summed E-state index contributed by atoms with van der Waals surface area (Å²) < 4.78 is 47.8. The van der Waals surface area contributed by atoms with Gasteiger partial charge in [-0.05, 0) is 67.4 Å². The number of alkyl halides is 3. The van der Waals surface area contributed by atoms with Crippen LogP contribution < -0.4 is 5.32 Å². The molecule has 0 radical (unpaired) electrons. The molecular formula is C24H17ClF3N3O2. The molecule has 0 fully saturated rings. The van der Waals surface area contributed by atoms with Crippen LogP contribution in [0.15, 0.2) is 59.2 Å². The summed E-state index contributed by atoms with van der Waals surface area (Å²) in [7, 11) is 0. The first-order valence-electron chi connectivity index (χ1n) is 10.2. The molecular weight excluding hydrogens is 455 g/mol. The van der Waals surface area contributed by atoms with Gasteiger partial charge in [-0.3, -0.25) is 4.79 Å². The number of aryl methyl sites for hydroxylation is 2. The summed E-state index contributed by atoms with van der Waals surface area (Å²) in [5.41, 5.74) is 2.42. The van der Waals surface area contributed by atoms with Crippen molar-refractivity contribution in [3.63, 3.8) is 0 Å². The number of hydrogen-bond acceptors (Lipinski definition) is 3. The van der Waals surface area contributed by atoms with Gasteiger partial charge in [0, 0.05) is 33.8 Å². The maximum Gasteiger partial charge on any atom is 0.435 e. The third-order valence-electron chi connectivity index (χ3n) is 5.67. The molecule has 0 atom stereocenters. The van der Waals surface area contributed by atoms with E-state index < -0.39 is 11.9 Å². The molecule has 1 amide bonds. The zero-order valence-electron chi connectivity index (χ0n) is 17.3. The largest absolute Gasteiger partial charge is 0.469 e. The van der Waals surface area contributed by atoms with E-state index in [0.29, 0.717) is 45.4 Å². The fraction of sp³-hybridized carbons (Fsp3) is 0.167. The number of aromatic nitrogens is 2. The third-order valence-corrected chi connectivity index (χ3v) is 5.90. The van der Waals surface area contributed by atoms with Crippen LogP contribution in [0, 0.1) is 6.92 Å². The lowest BCUT2D eigenvalue weighted by Gasteiger charge is -2.15. The Bertz CT molecular complexity index is 1370. The van der Waals surface area contributed by atoms with Crippen LogP contribution in [-0.2, 0) is 19.0 Å². The van der Waals surface area contributed by atoms with E-state index >= 15 is 0 Å². The highest BCUT2D eigenvalue weighted by atomic mass is 35.5. The van der Waals surface area contributed by atoms with Crippen LogP contribution in [-0.4, -0.2) is 15.7 Å². The van der Waals surface area contributed by atoms with E-state index in [1.807, 2.05) is 6.92 Å². The Kier molecular flexibility index (Phi) is 5.05. The molecule has 0 spiro atoms. The number of amides is 1. The predicted molar refractivity (Wildman–Crippen MR) is 118 cm³/mol. The fourth-order valence-corrected chi connectivity index (χ4v) is 4.30. The minimum atomic E-state index is -4.58. The molecule has 5 rings (SSSR count). The summed E-state index contributed by atoms with van der Waals surface area (Å²) in [6, 6.07) is 13.0. The predicted octanol–water partition coefficient (Wildman–Crippen LogP) is 6.46. The highest BCUT2D eigenvalue weighted by Gasteiger charge is 2.41. The van der Waals surface area contributed by atoms with Gasteiger partial charge in [0.25, 0.3) is 5.91 Å². The van der Waals surface area contributed by atoms with Crippen molar-refractivity contribution in [1.29, 1.82) is 0 Å². The zero-order chi connectivity index (χ0) is 23.3. The number of carbonyl (C=O) groups is 1. The van der Waals surface area contributed by atoms with Gasteiger partial charge in [-0.2, -0.15) is 18.3 Å². The number of furan rings is 1. The van der Waals surface area contributed by atoms with Crippen molar-refractivity contribution in [3.8, 4) is 16.9 Å². The van der Waals surface area contributed by atoms with Crippen LogP contribution in [0.4, 0.5) is 18.9 Å². The average molecular weight is 472 g/mol. The number of hydrogen-bond donors (Lipinski definition) is 1. The monoisotopic (exact) mass is 471 g/mol. The van der Waals surface area contributed by atoms with Gasteiger partial charge in [-0.15, -0.1) is 0 Å². The van der Waals surface area contributed by atoms with Gasteiger partial charge in [0.2, 0.25) is 0 Å². The molecule has 168 valence electrons. The van der Waals surface area contributed by atoms with E-state index in [4.69, 9.17) is 16.0 Å². The van der Waals surface area contributed by atoms with Gasteiger partial charge in [0.15, 0.2) is 5.69 Å². The molecule has 0 aliphatic heterocycles. The van der Waals surface area contributed by atoms with E-state index in [-0.39, 0.29) is 17.9 Å². The van der Waals surface area contributed by atoms with E-state index in [1.54, 1.807) is 48.5 Å². The highest BCUT2D eigenvalue weighted by molar-refractivity contribution is 6.30. The molecule has 1 aliphatic rings. The molecule has 2 aromatic carbocycles. The quantitative estimate of drug-likeness (QED) is 0.373. The van der Waals surface area contributed by atoms with Gasteiger partial charge >= 0.3 is 6.18 Å². The number of benzene rings is 2. The van der Waals surface area contributed by atoms with Crippen molar-refractivity contribution in [3.05, 3.63) is 88.0 Å². The number of carbonyl (C=O) groups excluding carboxylic acids is 1. The van der Waals surface area contributed by atoms with Crippen LogP contribution in [0.5, 0.6) is 0 Å². The SMILES string of the molecule is Cc1cc(Cl)ccc1NC(=O)c1ccc(-n2nc(C(F)(F)F)c3c2-c2ccoc2CC3)cc1. The van der Waals surface area contributed by atoms with Gasteiger partial charge in [0.05, 0.1) is 17.6 Å². The molecule has 0 saturated carbocycles. The van der Waals surface area contributed by atoms with Gasteiger partial charge in [-0.1, -0.05) is 11.6 Å². The van der Waals surface area contributed by atoms with Crippen molar-refractivity contribution in [2.24, 2.45) is 0 Å². The Hall–Kier alpha value is -3.52. The second kappa shape index (κ2) is 7.81. The number of anilines is 1. The van der Waals surface area contributed by atoms with Crippen LogP contribution in [0.25, 0.3) is 16.9 Å². The molecule has 0 unspecified atom stereocenters. The van der Waals surface area contributed by atoms with Gasteiger partial charge in [-0.25, -0.2) is 4.68 Å². The lowest BCUT2D eigenvalue weighted by atomic mass is 9.94. The topological polar surface area (TPSA) is 60.1 Å². The van der Waals surface area contributed by atoms with E-state index in [1.165, 1.54) is 10.9 Å². The summed E-state index contributed by atoms with van der Waals surface area (Å²) in [6.45, 7) is 1.83. The van der Waals surface area contributed by atoms with Crippen molar-refractivity contribution < 1.29 is 22.4 Å². The average Bonchev–Trinajstić information content (AvgIpc) is 3.39. The second-order valence-electron chi connectivity index (χ2n) is 7.80. The number of nitrogens with one attached hydrogen (secondary N) is 1. The standard InChI is InChI=1S/C24H17ClF3N3O2/c1-13-12-15(25)4-8-19(13)29-23(32)14-2-5-16(6-3-14)31-21-17-10-11-33-20(17)9-7-18(21)22(30-31)24(26,27)28/h2-6,8,10-12H,7,9H2,1H3,(H,29,32). The molecule has 2 heterocycles. The highest BCUT2D eigenvalue weighted by Crippen LogP contribution is 2.42. The summed E-state index contributed by atoms with van der Waals surface area (Å²) in [6.07, 6.45) is -2.54. The van der Waals surface area contributed by atoms with Crippen LogP contribution in [0.1, 0.15) is 32.9 Å². The lowest BCUT2D eigenvalue weighted by Crippen LogP contribution is -2.13. The number of nitrogens with zero attached hydrogens (tertiary/aromatic N) is 2. The number of halogens is 4. The molecule has 2 aromatic heterocycles. The first-order valence-corrected chi connectivity index (χ1v) is 10.5. The van der Waals surface area contributed by atoms with E-state index in [0.717, 1.165) is 5.56 Å². The molecule has 5 nitrogen and oxygen atoms in total. The fourth-order valence-electron chi connectivity index (χ4n) is 4.08. The Morgan fingerprint density at radius 3 is 2.58 bits per heavy atom. The molecule has 4 aromatic rings. The molecule has 0 bridgehead atoms. The molecule has 1 aliphatic carbocycles. The number of rotatable bonds is 3. The Morgan fingerprint density at radius 1 is 1.12 bits per heavy atom. The summed E-state index contributed by atoms with van der Waals surface area (Å²) >= 11 is 5.95. The van der Waals surface area contributed by atoms with Crippen LogP contribution >= 0.6 is 11.6 Å². The Balaban J connectivity index is 1.50. The van der Waals surface area contributed by atoms with Crippen molar-refractivity contribution in [2.45, 2.75) is 25.9 Å². The molecule has 0 saturated heterocycles. The Labute approximate surface area is 191 Å². The number of fused-ring (bicyclic) bond motifs is 3. The van der Waals surface area contributed by atoms with Crippen molar-refractivity contribution in [1.82, 2.24) is 9.78 Å². The third kappa shape index (κ3) is 3.80. The maximum absolute atomic E-state index is 13.7. The minimum Gasteiger partial charge on any atom is -0.469 e. The second-order valence-corrected chi connectivity index (χ2v) is 8.24. The van der Waals surface area contributed by atoms with Crippen LogP contribution in [0.2, 0.25) is 5.02 Å². The summed E-state index contributed by atoms with van der Waals surface area (Å²) in [4.78, 5) is 12.7. The maximum atomic E-state index is 13.7. The zero-order valence-corrected chi connectivity index (χ0v) is 18.1. The van der Waals surface area contributed by atoms with E-state index in [9.17, 15) is 18.0 Å². The van der Waals surface area contributed by atoms with Crippen molar-refractivity contribution in [2.75, 3.05) is 5.32 Å². The van der Waals surface area contributed by atoms with Crippen LogP contribution in [0.3, 0.4) is 0 Å². The lowest BCUT2D eigenvalue weighted by molar-refractivity contribution is -0.142.